The van der Waals surface area contributed by atoms with E-state index in [0.29, 0.717) is 24.2 Å². The molecule has 1 aliphatic rings. The molecule has 2 aromatic carbocycles. The van der Waals surface area contributed by atoms with Gasteiger partial charge < -0.3 is 16.0 Å². The van der Waals surface area contributed by atoms with Crippen molar-refractivity contribution in [1.82, 2.24) is 15.2 Å². The van der Waals surface area contributed by atoms with Gasteiger partial charge in [0.25, 0.3) is 5.91 Å². The molecule has 1 fully saturated rings. The number of aromatic nitrogens is 1. The van der Waals surface area contributed by atoms with Crippen molar-refractivity contribution in [2.24, 2.45) is 5.73 Å². The molecule has 168 valence electrons. The molecular formula is C22H25N5O4S. The number of nitrogens with zero attached hydrogens (tertiary/aromatic N) is 1. The van der Waals surface area contributed by atoms with E-state index >= 15 is 0 Å². The van der Waals surface area contributed by atoms with Crippen LogP contribution in [0.3, 0.4) is 0 Å². The molecule has 1 atom stereocenters. The molecule has 1 saturated heterocycles. The van der Waals surface area contributed by atoms with Gasteiger partial charge in [0, 0.05) is 29.2 Å². The fourth-order valence-electron chi connectivity index (χ4n) is 3.95. The van der Waals surface area contributed by atoms with Crippen LogP contribution in [0.1, 0.15) is 16.7 Å². The third-order valence-electron chi connectivity index (χ3n) is 5.36. The number of nitrogens with two attached hydrogens (primary N) is 1. The van der Waals surface area contributed by atoms with E-state index in [1.54, 1.807) is 24.3 Å². The number of imide groups is 1. The lowest BCUT2D eigenvalue weighted by atomic mass is 10.0. The Morgan fingerprint density at radius 3 is 2.69 bits per heavy atom. The number of aromatic amines is 1. The molecule has 1 aliphatic heterocycles. The van der Waals surface area contributed by atoms with Crippen molar-refractivity contribution in [1.29, 1.82) is 0 Å². The predicted octanol–water partition coefficient (Wildman–Crippen LogP) is 1.70. The van der Waals surface area contributed by atoms with Gasteiger partial charge in [-0.3, -0.25) is 14.4 Å². The number of urea groups is 1. The van der Waals surface area contributed by atoms with E-state index in [0.717, 1.165) is 39.6 Å². The highest BCUT2D eigenvalue weighted by molar-refractivity contribution is 7.92. The first kappa shape index (κ1) is 21.8. The number of nitrogens with one attached hydrogen (secondary N) is 3. The number of amides is 3. The molecule has 0 bridgehead atoms. The number of rotatable bonds is 8. The van der Waals surface area contributed by atoms with E-state index in [1.165, 1.54) is 0 Å². The Labute approximate surface area is 186 Å². The van der Waals surface area contributed by atoms with Crippen LogP contribution < -0.4 is 15.8 Å². The molecule has 1 unspecified atom stereocenters. The van der Waals surface area contributed by atoms with E-state index in [4.69, 9.17) is 5.73 Å². The highest BCUT2D eigenvalue weighted by Crippen LogP contribution is 2.23. The summed E-state index contributed by atoms with van der Waals surface area (Å²) in [5.41, 5.74) is 9.77. The van der Waals surface area contributed by atoms with Crippen LogP contribution in [0.25, 0.3) is 10.9 Å². The lowest BCUT2D eigenvalue weighted by molar-refractivity contribution is -0.127. The van der Waals surface area contributed by atoms with E-state index < -0.39 is 22.1 Å². The normalized spacial score (nSPS) is 16.6. The zero-order chi connectivity index (χ0) is 22.9. The van der Waals surface area contributed by atoms with Crippen molar-refractivity contribution in [3.8, 4) is 0 Å². The molecule has 9 nitrogen and oxygen atoms in total. The van der Waals surface area contributed by atoms with Gasteiger partial charge in [-0.2, -0.15) is 0 Å². The van der Waals surface area contributed by atoms with Crippen molar-refractivity contribution < 1.29 is 18.0 Å². The third kappa shape index (κ3) is 4.76. The number of fused-ring (bicyclic) bond motifs is 1. The summed E-state index contributed by atoms with van der Waals surface area (Å²) in [7, 11) is -3.42. The van der Waals surface area contributed by atoms with Crippen molar-refractivity contribution in [3.05, 3.63) is 65.4 Å². The average molecular weight is 456 g/mol. The zero-order valence-corrected chi connectivity index (χ0v) is 18.4. The molecule has 5 N–H and O–H groups in total. The number of H-pyrrole nitrogens is 1. The lowest BCUT2D eigenvalue weighted by Crippen LogP contribution is -2.32. The molecule has 4 rings (SSSR count). The minimum absolute atomic E-state index is 0.0535. The van der Waals surface area contributed by atoms with Crippen LogP contribution in [0.2, 0.25) is 0 Å². The smallest absolute Gasteiger partial charge is 0.325 e. The Morgan fingerprint density at radius 1 is 1.12 bits per heavy atom. The second-order valence-electron chi connectivity index (χ2n) is 7.94. The van der Waals surface area contributed by atoms with E-state index in [-0.39, 0.29) is 12.5 Å². The Balaban J connectivity index is 1.48. The maximum absolute atomic E-state index is 12.9. The van der Waals surface area contributed by atoms with Crippen LogP contribution in [0.15, 0.2) is 48.7 Å². The second-order valence-corrected chi connectivity index (χ2v) is 9.69. The minimum Gasteiger partial charge on any atom is -0.361 e. The summed E-state index contributed by atoms with van der Waals surface area (Å²) in [5, 5.41) is 3.82. The maximum atomic E-state index is 12.9. The third-order valence-corrected chi connectivity index (χ3v) is 5.97. The summed E-state index contributed by atoms with van der Waals surface area (Å²) in [4.78, 5) is 29.8. The fourth-order valence-corrected chi connectivity index (χ4v) is 4.50. The Hall–Kier alpha value is -3.37. The monoisotopic (exact) mass is 455 g/mol. The van der Waals surface area contributed by atoms with Crippen LogP contribution in [0.5, 0.6) is 0 Å². The summed E-state index contributed by atoms with van der Waals surface area (Å²) >= 11 is 0. The molecule has 3 aromatic rings. The minimum atomic E-state index is -3.42. The number of hydrogen-bond acceptors (Lipinski definition) is 5. The van der Waals surface area contributed by atoms with Gasteiger partial charge in [-0.1, -0.05) is 18.2 Å². The summed E-state index contributed by atoms with van der Waals surface area (Å²) in [5.74, 6) is -0.312. The zero-order valence-electron chi connectivity index (χ0n) is 17.6. The first-order valence-electron chi connectivity index (χ1n) is 10.2. The van der Waals surface area contributed by atoms with Crippen LogP contribution in [-0.4, -0.2) is 49.1 Å². The Kier molecular flexibility index (Phi) is 5.90. The number of carbonyl (C=O) groups is 2. The average Bonchev–Trinajstić information content (AvgIpc) is 3.23. The molecule has 0 saturated carbocycles. The first-order chi connectivity index (χ1) is 15.2. The van der Waals surface area contributed by atoms with Crippen LogP contribution in [-0.2, 0) is 34.2 Å². The van der Waals surface area contributed by atoms with Crippen LogP contribution in [0, 0.1) is 0 Å². The van der Waals surface area contributed by atoms with Crippen molar-refractivity contribution >= 4 is 38.6 Å². The molecule has 0 radical (unpaired) electrons. The quantitative estimate of drug-likeness (QED) is 0.383. The Bertz CT molecular complexity index is 1280. The van der Waals surface area contributed by atoms with Crippen molar-refractivity contribution in [2.45, 2.75) is 25.4 Å². The molecule has 0 aliphatic carbocycles. The summed E-state index contributed by atoms with van der Waals surface area (Å²) in [6.07, 6.45) is 4.13. The SMILES string of the molecule is CS(=O)(=O)Nc1cccc(CN2C(=O)NC(Cc3ccc4[nH]cc(CCN)c4c3)C2=O)c1. The van der Waals surface area contributed by atoms with Crippen LogP contribution >= 0.6 is 0 Å². The van der Waals surface area contributed by atoms with E-state index in [1.807, 2.05) is 24.4 Å². The molecule has 2 heterocycles. The fraction of sp³-hybridized carbons (Fsp3) is 0.273. The lowest BCUT2D eigenvalue weighted by Gasteiger charge is -2.14. The van der Waals surface area contributed by atoms with Gasteiger partial charge in [-0.25, -0.2) is 13.2 Å². The topological polar surface area (TPSA) is 137 Å². The first-order valence-corrected chi connectivity index (χ1v) is 12.1. The van der Waals surface area contributed by atoms with Crippen molar-refractivity contribution in [2.75, 3.05) is 17.5 Å². The predicted molar refractivity (Wildman–Crippen MR) is 123 cm³/mol. The molecule has 0 spiro atoms. The van der Waals surface area contributed by atoms with Gasteiger partial charge in [-0.15, -0.1) is 0 Å². The molecule has 32 heavy (non-hydrogen) atoms. The maximum Gasteiger partial charge on any atom is 0.325 e. The second kappa shape index (κ2) is 8.64. The van der Waals surface area contributed by atoms with E-state index in [9.17, 15) is 18.0 Å². The standard InChI is InChI=1S/C22H25N5O4S/c1-32(30,31)26-17-4-2-3-15(9-17)13-27-21(28)20(25-22(27)29)11-14-5-6-19-18(10-14)16(7-8-23)12-24-19/h2-6,9-10,12,20,24,26H,7-8,11,13,23H2,1H3,(H,25,29). The highest BCUT2D eigenvalue weighted by Gasteiger charge is 2.37. The van der Waals surface area contributed by atoms with Gasteiger partial charge in [0.2, 0.25) is 10.0 Å². The number of anilines is 1. The number of benzene rings is 2. The molecular weight excluding hydrogens is 430 g/mol. The Morgan fingerprint density at radius 2 is 1.94 bits per heavy atom. The molecule has 10 heteroatoms. The van der Waals surface area contributed by atoms with Gasteiger partial charge in [0.1, 0.15) is 6.04 Å². The summed E-state index contributed by atoms with van der Waals surface area (Å²) in [6.45, 7) is 0.599. The molecule has 3 amide bonds. The number of hydrogen-bond donors (Lipinski definition) is 4. The van der Waals surface area contributed by atoms with E-state index in [2.05, 4.69) is 15.0 Å². The highest BCUT2D eigenvalue weighted by atomic mass is 32.2. The summed E-state index contributed by atoms with van der Waals surface area (Å²) < 4.78 is 25.3. The number of carbonyl (C=O) groups excluding carboxylic acids is 2. The van der Waals surface area contributed by atoms with Gasteiger partial charge in [0.15, 0.2) is 0 Å². The van der Waals surface area contributed by atoms with Gasteiger partial charge >= 0.3 is 6.03 Å². The van der Waals surface area contributed by atoms with Crippen molar-refractivity contribution in [3.63, 3.8) is 0 Å². The van der Waals surface area contributed by atoms with Gasteiger partial charge in [0.05, 0.1) is 12.8 Å². The van der Waals surface area contributed by atoms with Gasteiger partial charge in [-0.05, 0) is 53.9 Å². The molecule has 1 aromatic heterocycles. The number of sulfonamides is 1. The summed E-state index contributed by atoms with van der Waals surface area (Å²) in [6, 6.07) is 11.4. The van der Waals surface area contributed by atoms with Crippen LogP contribution in [0.4, 0.5) is 10.5 Å². The largest absolute Gasteiger partial charge is 0.361 e.